The number of rotatable bonds is 1. The molecule has 0 aliphatic heterocycles. The van der Waals surface area contributed by atoms with Gasteiger partial charge in [-0.05, 0) is 30.5 Å². The third kappa shape index (κ3) is 2.92. The van der Waals surface area contributed by atoms with Crippen LogP contribution in [0.1, 0.15) is 35.1 Å². The molecule has 0 saturated carbocycles. The predicted octanol–water partition coefficient (Wildman–Crippen LogP) is 5.30. The summed E-state index contributed by atoms with van der Waals surface area (Å²) < 4.78 is 0. The second kappa shape index (κ2) is 6.28. The van der Waals surface area contributed by atoms with Gasteiger partial charge in [-0.1, -0.05) is 60.4 Å². The molecule has 0 fully saturated rings. The van der Waals surface area contributed by atoms with Gasteiger partial charge in [0.2, 0.25) is 0 Å². The summed E-state index contributed by atoms with van der Waals surface area (Å²) >= 11 is 0. The predicted molar refractivity (Wildman–Crippen MR) is 83.1 cm³/mol. The van der Waals surface area contributed by atoms with Crippen molar-refractivity contribution in [1.82, 2.24) is 0 Å². The van der Waals surface area contributed by atoms with E-state index in [1.54, 1.807) is 0 Å². The van der Waals surface area contributed by atoms with Gasteiger partial charge in [-0.2, -0.15) is 0 Å². The van der Waals surface area contributed by atoms with Crippen molar-refractivity contribution < 1.29 is 32.7 Å². The molecule has 3 rings (SSSR count). The first-order valence-corrected chi connectivity index (χ1v) is 6.88. The van der Waals surface area contributed by atoms with E-state index in [4.69, 9.17) is 0 Å². The van der Waals surface area contributed by atoms with E-state index in [0.717, 1.165) is 0 Å². The van der Waals surface area contributed by atoms with Crippen molar-refractivity contribution in [3.05, 3.63) is 71.1 Å². The van der Waals surface area contributed by atoms with Crippen LogP contribution in [0, 0.1) is 20.3 Å². The number of aryl methyl sites for hydroxylation is 2. The zero-order valence-corrected chi connectivity index (χ0v) is 15.2. The molecule has 1 aliphatic rings. The Labute approximate surface area is 147 Å². The number of allylic oxidation sites excluding steroid dienone is 1. The van der Waals surface area contributed by atoms with Crippen molar-refractivity contribution in [3.63, 3.8) is 0 Å². The van der Waals surface area contributed by atoms with Gasteiger partial charge in [-0.3, -0.25) is 0 Å². The molecule has 2 aromatic carbocycles. The van der Waals surface area contributed by atoms with Crippen molar-refractivity contribution in [2.75, 3.05) is 0 Å². The van der Waals surface area contributed by atoms with E-state index < -0.39 is 0 Å². The molecular weight excluding hydrogens is 317 g/mol. The second-order valence-corrected chi connectivity index (χ2v) is 5.50. The Bertz CT molecular complexity index is 653. The van der Waals surface area contributed by atoms with E-state index in [0.29, 0.717) is 5.92 Å². The van der Waals surface area contributed by atoms with Crippen molar-refractivity contribution in [3.8, 4) is 11.1 Å². The standard InChI is InChI=1S/C19H19.Y/c1-13-7-8-15(3)19(11-13)17-9-10-18-14(2)5-4-6-16(18)12-17;/h4-12,14H,1-3H3;/q-1;. The van der Waals surface area contributed by atoms with E-state index in [1.807, 2.05) is 0 Å². The van der Waals surface area contributed by atoms with Crippen LogP contribution in [-0.2, 0) is 32.7 Å². The fourth-order valence-corrected chi connectivity index (χ4v) is 2.78. The number of hydrogen-bond donors (Lipinski definition) is 0. The number of hydrogen-bond acceptors (Lipinski definition) is 0. The average Bonchev–Trinajstić information content (AvgIpc) is 2.41. The van der Waals surface area contributed by atoms with Gasteiger partial charge in [0, 0.05) is 32.7 Å². The maximum atomic E-state index is 2.32. The van der Waals surface area contributed by atoms with E-state index in [9.17, 15) is 0 Å². The first-order chi connectivity index (χ1) is 9.15. The van der Waals surface area contributed by atoms with Crippen LogP contribution >= 0.6 is 0 Å². The van der Waals surface area contributed by atoms with Crippen LogP contribution < -0.4 is 0 Å². The van der Waals surface area contributed by atoms with E-state index in [-0.39, 0.29) is 32.7 Å². The molecule has 0 nitrogen and oxygen atoms in total. The van der Waals surface area contributed by atoms with Crippen LogP contribution in [0.5, 0.6) is 0 Å². The Hall–Kier alpha value is -0.846. The number of benzene rings is 2. The maximum absolute atomic E-state index is 2.32. The summed E-state index contributed by atoms with van der Waals surface area (Å²) in [7, 11) is 0. The van der Waals surface area contributed by atoms with E-state index in [2.05, 4.69) is 75.7 Å². The van der Waals surface area contributed by atoms with Crippen LogP contribution in [0.3, 0.4) is 0 Å². The molecule has 0 amide bonds. The summed E-state index contributed by atoms with van der Waals surface area (Å²) in [6.07, 6.45) is 6.63. The second-order valence-electron chi connectivity index (χ2n) is 5.50. The summed E-state index contributed by atoms with van der Waals surface area (Å²) in [6, 6.07) is 13.5. The fourth-order valence-electron chi connectivity index (χ4n) is 2.78. The molecule has 0 N–H and O–H groups in total. The van der Waals surface area contributed by atoms with Gasteiger partial charge in [0.25, 0.3) is 0 Å². The Morgan fingerprint density at radius 2 is 1.80 bits per heavy atom. The van der Waals surface area contributed by atoms with Crippen LogP contribution in [0.15, 0.2) is 42.5 Å². The smallest absolute Gasteiger partial charge is 0 e. The fraction of sp³-hybridized carbons (Fsp3) is 0.211. The SMILES string of the molecule is Cc1ccc(C)c(-c2ccc3c(c2)C=C[CH-]C3C)c1.[Y]. The molecule has 1 aliphatic carbocycles. The van der Waals surface area contributed by atoms with E-state index >= 15 is 0 Å². The normalized spacial score (nSPS) is 16.1. The summed E-state index contributed by atoms with van der Waals surface area (Å²) in [5.74, 6) is 0.521. The topological polar surface area (TPSA) is 0 Å². The summed E-state index contributed by atoms with van der Waals surface area (Å²) in [5.41, 5.74) is 8.10. The quantitative estimate of drug-likeness (QED) is 0.620. The number of fused-ring (bicyclic) bond motifs is 1. The van der Waals surface area contributed by atoms with Crippen molar-refractivity contribution in [2.45, 2.75) is 26.7 Å². The average molecular weight is 336 g/mol. The molecule has 0 aromatic heterocycles. The van der Waals surface area contributed by atoms with Gasteiger partial charge in [0.1, 0.15) is 0 Å². The molecule has 1 radical (unpaired) electrons. The van der Waals surface area contributed by atoms with Gasteiger partial charge in [0.05, 0.1) is 0 Å². The summed E-state index contributed by atoms with van der Waals surface area (Å²) in [6.45, 7) is 6.58. The molecule has 1 atom stereocenters. The molecule has 0 saturated heterocycles. The summed E-state index contributed by atoms with van der Waals surface area (Å²) in [5, 5.41) is 0. The maximum Gasteiger partial charge on any atom is 0 e. The molecule has 0 bridgehead atoms. The van der Waals surface area contributed by atoms with Gasteiger partial charge in [-0.15, -0.1) is 5.56 Å². The first-order valence-electron chi connectivity index (χ1n) is 6.88. The van der Waals surface area contributed by atoms with Crippen LogP contribution in [0.2, 0.25) is 0 Å². The minimum absolute atomic E-state index is 0. The Kier molecular flexibility index (Phi) is 4.88. The molecule has 1 unspecified atom stereocenters. The molecule has 99 valence electrons. The van der Waals surface area contributed by atoms with E-state index in [1.165, 1.54) is 33.4 Å². The van der Waals surface area contributed by atoms with Crippen molar-refractivity contribution in [1.29, 1.82) is 0 Å². The zero-order valence-electron chi connectivity index (χ0n) is 12.4. The van der Waals surface area contributed by atoms with Gasteiger partial charge < -0.3 is 0 Å². The third-order valence-electron chi connectivity index (χ3n) is 3.96. The Morgan fingerprint density at radius 1 is 1.00 bits per heavy atom. The Balaban J connectivity index is 0.00000147. The van der Waals surface area contributed by atoms with Gasteiger partial charge in [0.15, 0.2) is 0 Å². The van der Waals surface area contributed by atoms with Crippen LogP contribution in [0.4, 0.5) is 0 Å². The molecule has 0 heterocycles. The molecule has 0 spiro atoms. The molecular formula is C19H19Y-. The monoisotopic (exact) mass is 336 g/mol. The Morgan fingerprint density at radius 3 is 2.60 bits per heavy atom. The molecule has 2 aromatic rings. The van der Waals surface area contributed by atoms with Crippen LogP contribution in [0.25, 0.3) is 17.2 Å². The molecule has 1 heteroatoms. The molecule has 20 heavy (non-hydrogen) atoms. The minimum atomic E-state index is 0. The van der Waals surface area contributed by atoms with Gasteiger partial charge >= 0.3 is 0 Å². The zero-order chi connectivity index (χ0) is 13.4. The van der Waals surface area contributed by atoms with Gasteiger partial charge in [-0.25, -0.2) is 18.6 Å². The van der Waals surface area contributed by atoms with Crippen molar-refractivity contribution in [2.24, 2.45) is 0 Å². The minimum Gasteiger partial charge on any atom is -0.227 e. The van der Waals surface area contributed by atoms with Crippen molar-refractivity contribution >= 4 is 6.08 Å². The first kappa shape index (κ1) is 15.5. The third-order valence-corrected chi connectivity index (χ3v) is 3.96. The van der Waals surface area contributed by atoms with Crippen LogP contribution in [-0.4, -0.2) is 0 Å². The largest absolute Gasteiger partial charge is 0.227 e. The summed E-state index contributed by atoms with van der Waals surface area (Å²) in [4.78, 5) is 0.